The summed E-state index contributed by atoms with van der Waals surface area (Å²) in [5, 5.41) is 13.1. The highest BCUT2D eigenvalue weighted by Gasteiger charge is 2.63. The Kier molecular flexibility index (Phi) is 5.37. The first-order chi connectivity index (χ1) is 18.7. The summed E-state index contributed by atoms with van der Waals surface area (Å²) in [6.45, 7) is 1.84. The summed E-state index contributed by atoms with van der Waals surface area (Å²) >= 11 is 12.5. The summed E-state index contributed by atoms with van der Waals surface area (Å²) < 4.78 is 22.6. The summed E-state index contributed by atoms with van der Waals surface area (Å²) in [4.78, 5) is 26.3. The topological polar surface area (TPSA) is 85.2 Å². The van der Waals surface area contributed by atoms with Crippen molar-refractivity contribution in [1.29, 1.82) is 0 Å². The molecule has 7 rings (SSSR count). The van der Waals surface area contributed by atoms with E-state index in [0.29, 0.717) is 45.8 Å². The number of carbonyl (C=O) groups excluding carboxylic acids is 2. The first-order valence-corrected chi connectivity index (χ1v) is 13.4. The molecule has 1 aromatic heterocycles. The molecule has 10 heteroatoms. The highest BCUT2D eigenvalue weighted by atomic mass is 35.5. The van der Waals surface area contributed by atoms with Crippen LogP contribution in [0.15, 0.2) is 48.5 Å². The van der Waals surface area contributed by atoms with Crippen molar-refractivity contribution < 1.29 is 18.7 Å². The second-order valence-corrected chi connectivity index (χ2v) is 11.3. The van der Waals surface area contributed by atoms with Gasteiger partial charge >= 0.3 is 5.97 Å². The molecule has 2 N–H and O–H groups in total. The van der Waals surface area contributed by atoms with Gasteiger partial charge in [0.25, 0.3) is 0 Å². The zero-order valence-corrected chi connectivity index (χ0v) is 22.5. The first kappa shape index (κ1) is 24.6. The van der Waals surface area contributed by atoms with Gasteiger partial charge in [0.2, 0.25) is 5.91 Å². The van der Waals surface area contributed by atoms with Crippen molar-refractivity contribution in [3.8, 4) is 0 Å². The molecule has 3 aromatic carbocycles. The Hall–Kier alpha value is -3.46. The van der Waals surface area contributed by atoms with E-state index in [-0.39, 0.29) is 23.0 Å². The van der Waals surface area contributed by atoms with E-state index >= 15 is 4.39 Å². The summed E-state index contributed by atoms with van der Waals surface area (Å²) in [5.41, 5.74) is 3.58. The van der Waals surface area contributed by atoms with Gasteiger partial charge in [-0.25, -0.2) is 9.18 Å². The Bertz CT molecular complexity index is 1740. The highest BCUT2D eigenvalue weighted by molar-refractivity contribution is 6.31. The molecule has 0 aliphatic carbocycles. The molecular formula is C29H23Cl2FN4O3. The first-order valence-electron chi connectivity index (χ1n) is 12.6. The normalized spacial score (nSPS) is 24.9. The molecule has 0 saturated carbocycles. The molecule has 3 aliphatic rings. The quantitative estimate of drug-likeness (QED) is 0.320. The van der Waals surface area contributed by atoms with Crippen molar-refractivity contribution in [3.63, 3.8) is 0 Å². The maximum atomic E-state index is 15.8. The number of anilines is 1. The molecule has 1 spiro atoms. The number of esters is 1. The van der Waals surface area contributed by atoms with E-state index in [1.54, 1.807) is 30.3 Å². The van der Waals surface area contributed by atoms with Crippen LogP contribution in [0.2, 0.25) is 10.0 Å². The van der Waals surface area contributed by atoms with E-state index in [1.807, 2.05) is 23.7 Å². The molecule has 0 unspecified atom stereocenters. The van der Waals surface area contributed by atoms with Gasteiger partial charge in [-0.3, -0.25) is 14.8 Å². The van der Waals surface area contributed by atoms with Crippen molar-refractivity contribution in [2.24, 2.45) is 0 Å². The van der Waals surface area contributed by atoms with Crippen molar-refractivity contribution >= 4 is 51.7 Å². The van der Waals surface area contributed by atoms with Crippen LogP contribution in [0.5, 0.6) is 0 Å². The molecule has 0 radical (unpaired) electrons. The largest absolute Gasteiger partial charge is 0.465 e. The number of carbonyl (C=O) groups is 2. The summed E-state index contributed by atoms with van der Waals surface area (Å²) in [5.74, 6) is -1.85. The number of aryl methyl sites for hydroxylation is 1. The molecule has 1 fully saturated rings. The minimum absolute atomic E-state index is 0.00286. The second-order valence-electron chi connectivity index (χ2n) is 10.5. The number of rotatable bonds is 2. The van der Waals surface area contributed by atoms with Crippen molar-refractivity contribution in [2.45, 2.75) is 43.3 Å². The fourth-order valence-electron chi connectivity index (χ4n) is 6.87. The second kappa shape index (κ2) is 8.52. The Morgan fingerprint density at radius 2 is 2.03 bits per heavy atom. The molecule has 39 heavy (non-hydrogen) atoms. The maximum absolute atomic E-state index is 15.8. The number of fused-ring (bicyclic) bond motifs is 6. The number of aromatic nitrogens is 2. The summed E-state index contributed by atoms with van der Waals surface area (Å²) in [6.07, 6.45) is 0.927. The number of benzene rings is 3. The van der Waals surface area contributed by atoms with Gasteiger partial charge in [-0.15, -0.1) is 0 Å². The fraction of sp³-hybridized carbons (Fsp3) is 0.276. The number of methoxy groups -OCH3 is 1. The van der Waals surface area contributed by atoms with Crippen LogP contribution < -0.4 is 10.6 Å². The lowest BCUT2D eigenvalue weighted by molar-refractivity contribution is -0.123. The van der Waals surface area contributed by atoms with Crippen LogP contribution in [-0.4, -0.2) is 40.3 Å². The van der Waals surface area contributed by atoms with E-state index in [4.69, 9.17) is 33.0 Å². The lowest BCUT2D eigenvalue weighted by Crippen LogP contribution is -2.59. The van der Waals surface area contributed by atoms with Crippen LogP contribution in [0.3, 0.4) is 0 Å². The SMILES string of the molecule is COC(=O)c1ccc2c3n(nc2c1C)[C@@H]1[C@H](C3)N[C@]2(Cc3ccc(Cl)cc3NC2=O)[C@H]1c1cccc(Cl)c1F. The minimum atomic E-state index is -1.15. The van der Waals surface area contributed by atoms with Gasteiger partial charge in [0.15, 0.2) is 0 Å². The Morgan fingerprint density at radius 1 is 1.21 bits per heavy atom. The Balaban J connectivity index is 1.43. The van der Waals surface area contributed by atoms with Crippen molar-refractivity contribution in [2.75, 3.05) is 12.4 Å². The van der Waals surface area contributed by atoms with Crippen LogP contribution in [0.25, 0.3) is 10.9 Å². The van der Waals surface area contributed by atoms with E-state index in [2.05, 4.69) is 10.6 Å². The van der Waals surface area contributed by atoms with Gasteiger partial charge in [0, 0.05) is 46.6 Å². The van der Waals surface area contributed by atoms with Crippen LogP contribution >= 0.6 is 23.2 Å². The molecule has 4 heterocycles. The number of hydrogen-bond acceptors (Lipinski definition) is 5. The van der Waals surface area contributed by atoms with E-state index < -0.39 is 23.2 Å². The van der Waals surface area contributed by atoms with E-state index in [0.717, 1.165) is 16.6 Å². The van der Waals surface area contributed by atoms with Gasteiger partial charge < -0.3 is 10.1 Å². The number of nitrogens with one attached hydrogen (secondary N) is 2. The van der Waals surface area contributed by atoms with Crippen LogP contribution in [0, 0.1) is 12.7 Å². The molecule has 1 amide bonds. The molecule has 1 saturated heterocycles. The smallest absolute Gasteiger partial charge is 0.338 e. The van der Waals surface area contributed by atoms with Gasteiger partial charge in [0.1, 0.15) is 11.4 Å². The average molecular weight is 565 g/mol. The molecule has 0 bridgehead atoms. The lowest BCUT2D eigenvalue weighted by atomic mass is 9.72. The maximum Gasteiger partial charge on any atom is 0.338 e. The Labute approximate surface area is 233 Å². The molecule has 4 atom stereocenters. The van der Waals surface area contributed by atoms with E-state index in [1.165, 1.54) is 13.2 Å². The molecule has 4 aromatic rings. The van der Waals surface area contributed by atoms with Crippen LogP contribution in [-0.2, 0) is 22.4 Å². The van der Waals surface area contributed by atoms with Crippen LogP contribution in [0.4, 0.5) is 10.1 Å². The fourth-order valence-corrected chi connectivity index (χ4v) is 7.22. The standard InChI is InChI=1S/C29H23Cl2FN4O3/c1-13-16(27(37)39-2)8-9-17-22-11-21-26(36(22)35-25(13)17)23(18-4-3-5-19(31)24(18)32)29(34-21)12-14-6-7-15(30)10-20(14)33-28(29)38/h3-10,21,23,26,34H,11-12H2,1-2H3,(H,33,38)/t21-,23-,26+,29+/m0/s1. The molecule has 198 valence electrons. The van der Waals surface area contributed by atoms with Crippen molar-refractivity contribution in [1.82, 2.24) is 15.1 Å². The molecule has 7 nitrogen and oxygen atoms in total. The van der Waals surface area contributed by atoms with Gasteiger partial charge in [-0.05, 0) is 47.9 Å². The number of nitrogens with zero attached hydrogens (tertiary/aromatic N) is 2. The van der Waals surface area contributed by atoms with Crippen molar-refractivity contribution in [3.05, 3.63) is 92.3 Å². The number of amides is 1. The third-order valence-electron chi connectivity index (χ3n) is 8.57. The Morgan fingerprint density at radius 3 is 2.82 bits per heavy atom. The number of halogens is 3. The predicted molar refractivity (Wildman–Crippen MR) is 146 cm³/mol. The number of ether oxygens (including phenoxy) is 1. The monoisotopic (exact) mass is 564 g/mol. The lowest BCUT2D eigenvalue weighted by Gasteiger charge is -2.40. The predicted octanol–water partition coefficient (Wildman–Crippen LogP) is 5.36. The number of hydrogen-bond donors (Lipinski definition) is 2. The van der Waals surface area contributed by atoms with Gasteiger partial charge in [-0.2, -0.15) is 5.10 Å². The highest BCUT2D eigenvalue weighted by Crippen LogP contribution is 2.54. The third-order valence-corrected chi connectivity index (χ3v) is 9.09. The molecule has 3 aliphatic heterocycles. The zero-order chi connectivity index (χ0) is 27.2. The van der Waals surface area contributed by atoms with E-state index in [9.17, 15) is 9.59 Å². The molecular weight excluding hydrogens is 542 g/mol. The third kappa shape index (κ3) is 3.35. The van der Waals surface area contributed by atoms with Gasteiger partial charge in [-0.1, -0.05) is 47.5 Å². The minimum Gasteiger partial charge on any atom is -0.465 e. The summed E-state index contributed by atoms with van der Waals surface area (Å²) in [7, 11) is 1.35. The van der Waals surface area contributed by atoms with Gasteiger partial charge in [0.05, 0.1) is 29.3 Å². The zero-order valence-electron chi connectivity index (χ0n) is 21.0. The van der Waals surface area contributed by atoms with Crippen LogP contribution in [0.1, 0.15) is 44.7 Å². The summed E-state index contributed by atoms with van der Waals surface area (Å²) in [6, 6.07) is 13.4. The average Bonchev–Trinajstić information content (AvgIpc) is 3.54.